The first-order valence-electron chi connectivity index (χ1n) is 10.6. The van der Waals surface area contributed by atoms with Gasteiger partial charge in [-0.25, -0.2) is 0 Å². The molecule has 7 nitrogen and oxygen atoms in total. The number of amides is 2. The maximum absolute atomic E-state index is 12.6. The molecule has 1 saturated heterocycles. The molecule has 2 heterocycles. The fourth-order valence-corrected chi connectivity index (χ4v) is 4.00. The van der Waals surface area contributed by atoms with E-state index >= 15 is 0 Å². The van der Waals surface area contributed by atoms with E-state index in [1.54, 1.807) is 12.1 Å². The van der Waals surface area contributed by atoms with E-state index < -0.39 is 0 Å². The Morgan fingerprint density at radius 1 is 1.10 bits per heavy atom. The Hall–Kier alpha value is -3.32. The van der Waals surface area contributed by atoms with E-state index in [0.29, 0.717) is 11.8 Å². The van der Waals surface area contributed by atoms with Crippen LogP contribution in [0.5, 0.6) is 0 Å². The summed E-state index contributed by atoms with van der Waals surface area (Å²) < 4.78 is 5.80. The lowest BCUT2D eigenvalue weighted by Gasteiger charge is -2.19. The van der Waals surface area contributed by atoms with Gasteiger partial charge in [0, 0.05) is 43.1 Å². The standard InChI is InChI=1S/C24H28N4O3/c1-16(29)26-19-5-3-4-17(14-19)22-10-11-23(31-22)24(30)27-18-6-8-21(9-7-18)28-13-12-20(15-28)25-2/h5-11,14,20,25H,3-4,12-13,15H2,1-2H3,(H,26,29)(H,27,30). The fourth-order valence-electron chi connectivity index (χ4n) is 4.00. The zero-order valence-corrected chi connectivity index (χ0v) is 17.9. The molecule has 162 valence electrons. The number of allylic oxidation sites excluding steroid dienone is 3. The summed E-state index contributed by atoms with van der Waals surface area (Å²) in [7, 11) is 2.00. The van der Waals surface area contributed by atoms with Crippen LogP contribution in [0.15, 0.2) is 58.7 Å². The smallest absolute Gasteiger partial charge is 0.291 e. The summed E-state index contributed by atoms with van der Waals surface area (Å²) in [6, 6.07) is 11.9. The van der Waals surface area contributed by atoms with Crippen LogP contribution >= 0.6 is 0 Å². The second-order valence-corrected chi connectivity index (χ2v) is 7.93. The number of rotatable bonds is 6. The van der Waals surface area contributed by atoms with Gasteiger partial charge in [-0.2, -0.15) is 0 Å². The van der Waals surface area contributed by atoms with Crippen molar-refractivity contribution < 1.29 is 14.0 Å². The van der Waals surface area contributed by atoms with Crippen LogP contribution in [-0.2, 0) is 4.79 Å². The second-order valence-electron chi connectivity index (χ2n) is 7.93. The number of furan rings is 1. The van der Waals surface area contributed by atoms with Gasteiger partial charge in [0.15, 0.2) is 5.76 Å². The highest BCUT2D eigenvalue weighted by molar-refractivity contribution is 6.02. The van der Waals surface area contributed by atoms with E-state index in [1.807, 2.05) is 43.5 Å². The normalized spacial score (nSPS) is 18.4. The highest BCUT2D eigenvalue weighted by Crippen LogP contribution is 2.28. The first kappa shape index (κ1) is 20.9. The molecule has 0 radical (unpaired) electrons. The van der Waals surface area contributed by atoms with E-state index in [4.69, 9.17) is 4.42 Å². The van der Waals surface area contributed by atoms with Gasteiger partial charge in [-0.05, 0) is 74.4 Å². The van der Waals surface area contributed by atoms with Crippen molar-refractivity contribution in [3.63, 3.8) is 0 Å². The maximum Gasteiger partial charge on any atom is 0.291 e. The highest BCUT2D eigenvalue weighted by atomic mass is 16.4. The van der Waals surface area contributed by atoms with Gasteiger partial charge in [0.1, 0.15) is 5.76 Å². The minimum absolute atomic E-state index is 0.110. The third-order valence-electron chi connectivity index (χ3n) is 5.66. The van der Waals surface area contributed by atoms with Crippen molar-refractivity contribution in [3.05, 3.63) is 65.8 Å². The molecule has 1 aromatic carbocycles. The Labute approximate surface area is 182 Å². The number of anilines is 2. The van der Waals surface area contributed by atoms with Gasteiger partial charge in [-0.3, -0.25) is 9.59 Å². The van der Waals surface area contributed by atoms with Crippen molar-refractivity contribution in [2.75, 3.05) is 30.4 Å². The number of carbonyl (C=O) groups is 2. The predicted molar refractivity (Wildman–Crippen MR) is 122 cm³/mol. The van der Waals surface area contributed by atoms with E-state index in [2.05, 4.69) is 20.9 Å². The molecule has 2 amide bonds. The molecule has 0 saturated carbocycles. The molecule has 0 bridgehead atoms. The van der Waals surface area contributed by atoms with Crippen molar-refractivity contribution in [2.24, 2.45) is 0 Å². The molecular formula is C24H28N4O3. The number of nitrogens with one attached hydrogen (secondary N) is 3. The zero-order valence-electron chi connectivity index (χ0n) is 17.9. The van der Waals surface area contributed by atoms with Crippen LogP contribution in [0.4, 0.5) is 11.4 Å². The number of hydrogen-bond donors (Lipinski definition) is 3. The summed E-state index contributed by atoms with van der Waals surface area (Å²) >= 11 is 0. The average molecular weight is 421 g/mol. The summed E-state index contributed by atoms with van der Waals surface area (Å²) in [5.74, 6) is 0.502. The molecular weight excluding hydrogens is 392 g/mol. The minimum Gasteiger partial charge on any atom is -0.451 e. The van der Waals surface area contributed by atoms with E-state index in [-0.39, 0.29) is 17.6 Å². The molecule has 2 aromatic rings. The van der Waals surface area contributed by atoms with Crippen molar-refractivity contribution in [1.82, 2.24) is 10.6 Å². The molecule has 31 heavy (non-hydrogen) atoms. The van der Waals surface area contributed by atoms with Crippen LogP contribution in [0, 0.1) is 0 Å². The van der Waals surface area contributed by atoms with Crippen molar-refractivity contribution in [2.45, 2.75) is 32.2 Å². The van der Waals surface area contributed by atoms with Gasteiger partial charge >= 0.3 is 0 Å². The van der Waals surface area contributed by atoms with Gasteiger partial charge in [0.2, 0.25) is 5.91 Å². The fraction of sp³-hybridized carbons (Fsp3) is 0.333. The molecule has 7 heteroatoms. The monoisotopic (exact) mass is 420 g/mol. The van der Waals surface area contributed by atoms with Crippen LogP contribution in [0.1, 0.15) is 42.5 Å². The summed E-state index contributed by atoms with van der Waals surface area (Å²) in [6.45, 7) is 3.50. The average Bonchev–Trinajstić information content (AvgIpc) is 3.44. The molecule has 4 rings (SSSR count). The molecule has 0 spiro atoms. The zero-order chi connectivity index (χ0) is 21.8. The number of hydrogen-bond acceptors (Lipinski definition) is 5. The summed E-state index contributed by atoms with van der Waals surface area (Å²) in [5, 5.41) is 9.01. The predicted octanol–water partition coefficient (Wildman–Crippen LogP) is 3.53. The number of nitrogens with zero attached hydrogens (tertiary/aromatic N) is 1. The lowest BCUT2D eigenvalue weighted by Crippen LogP contribution is -2.29. The molecule has 1 aliphatic heterocycles. The summed E-state index contributed by atoms with van der Waals surface area (Å²) in [6.07, 6.45) is 6.60. The van der Waals surface area contributed by atoms with E-state index in [0.717, 1.165) is 55.0 Å². The molecule has 1 aromatic heterocycles. The highest BCUT2D eigenvalue weighted by Gasteiger charge is 2.21. The number of carbonyl (C=O) groups excluding carboxylic acids is 2. The van der Waals surface area contributed by atoms with Gasteiger partial charge in [-0.1, -0.05) is 6.08 Å². The van der Waals surface area contributed by atoms with E-state index in [9.17, 15) is 9.59 Å². The maximum atomic E-state index is 12.6. The second kappa shape index (κ2) is 9.22. The first-order valence-corrected chi connectivity index (χ1v) is 10.6. The Bertz CT molecular complexity index is 1020. The first-order chi connectivity index (χ1) is 15.0. The lowest BCUT2D eigenvalue weighted by atomic mass is 10.0. The molecule has 2 aliphatic rings. The molecule has 1 fully saturated rings. The van der Waals surface area contributed by atoms with Crippen LogP contribution in [0.2, 0.25) is 0 Å². The largest absolute Gasteiger partial charge is 0.451 e. The minimum atomic E-state index is -0.288. The quantitative estimate of drug-likeness (QED) is 0.666. The Balaban J connectivity index is 1.39. The van der Waals surface area contributed by atoms with Crippen molar-refractivity contribution in [1.29, 1.82) is 0 Å². The van der Waals surface area contributed by atoms with Gasteiger partial charge < -0.3 is 25.3 Å². The van der Waals surface area contributed by atoms with Gasteiger partial charge in [0.25, 0.3) is 5.91 Å². The number of likely N-dealkylation sites (N-methyl/N-ethyl adjacent to an activating group) is 1. The van der Waals surface area contributed by atoms with Crippen LogP contribution in [0.25, 0.3) is 5.57 Å². The topological polar surface area (TPSA) is 86.6 Å². The lowest BCUT2D eigenvalue weighted by molar-refractivity contribution is -0.118. The molecule has 3 N–H and O–H groups in total. The van der Waals surface area contributed by atoms with Gasteiger partial charge in [0.05, 0.1) is 0 Å². The van der Waals surface area contributed by atoms with Crippen molar-refractivity contribution in [3.8, 4) is 0 Å². The molecule has 1 aliphatic carbocycles. The Morgan fingerprint density at radius 2 is 1.90 bits per heavy atom. The van der Waals surface area contributed by atoms with Crippen LogP contribution in [-0.4, -0.2) is 38.0 Å². The molecule has 1 atom stereocenters. The molecule has 1 unspecified atom stereocenters. The van der Waals surface area contributed by atoms with Gasteiger partial charge in [-0.15, -0.1) is 0 Å². The third kappa shape index (κ3) is 5.06. The van der Waals surface area contributed by atoms with Crippen LogP contribution in [0.3, 0.4) is 0 Å². The van der Waals surface area contributed by atoms with Crippen molar-refractivity contribution >= 4 is 28.8 Å². The summed E-state index contributed by atoms with van der Waals surface area (Å²) in [5.41, 5.74) is 3.60. The summed E-state index contributed by atoms with van der Waals surface area (Å²) in [4.78, 5) is 26.3. The Kier molecular flexibility index (Phi) is 6.23. The number of benzene rings is 1. The third-order valence-corrected chi connectivity index (χ3v) is 5.66. The SMILES string of the molecule is CNC1CCN(c2ccc(NC(=O)c3ccc(C4=CC(NC(C)=O)=CCC4)o3)cc2)C1. The van der Waals surface area contributed by atoms with E-state index in [1.165, 1.54) is 6.92 Å². The van der Waals surface area contributed by atoms with Crippen LogP contribution < -0.4 is 20.9 Å². The Morgan fingerprint density at radius 3 is 2.61 bits per heavy atom.